The first-order chi connectivity index (χ1) is 20.3. The minimum absolute atomic E-state index is 0.239. The number of aromatic nitrogens is 1. The second kappa shape index (κ2) is 12.5. The Morgan fingerprint density at radius 2 is 1.76 bits per heavy atom. The Balaban J connectivity index is 1.05. The minimum Gasteiger partial charge on any atom is -0.377 e. The molecular weight excluding hydrogens is 578 g/mol. The van der Waals surface area contributed by atoms with Crippen LogP contribution in [0.4, 0.5) is 27.3 Å². The molecule has 3 aliphatic rings. The molecule has 2 aromatic carbocycles. The summed E-state index contributed by atoms with van der Waals surface area (Å²) in [5.74, 6) is 0.496. The third-order valence-electron chi connectivity index (χ3n) is 9.19. The maximum atomic E-state index is 14.3. The molecule has 2 aliphatic heterocycles. The van der Waals surface area contributed by atoms with Gasteiger partial charge in [0.25, 0.3) is 10.9 Å². The van der Waals surface area contributed by atoms with Crippen LogP contribution in [0.15, 0.2) is 40.1 Å². The van der Waals surface area contributed by atoms with E-state index in [0.29, 0.717) is 51.3 Å². The van der Waals surface area contributed by atoms with Gasteiger partial charge in [-0.05, 0) is 69.8 Å². The first kappa shape index (κ1) is 29.4. The van der Waals surface area contributed by atoms with Crippen LogP contribution in [0.2, 0.25) is 10.0 Å². The molecule has 1 atom stereocenters. The summed E-state index contributed by atoms with van der Waals surface area (Å²) >= 11 is 12.6. The molecule has 0 radical (unpaired) electrons. The quantitative estimate of drug-likeness (QED) is 0.310. The molecule has 0 bridgehead atoms. The molecule has 1 aliphatic carbocycles. The molecule has 1 aromatic heterocycles. The maximum Gasteiger partial charge on any atom is 0.253 e. The number of nitrogens with one attached hydrogen (secondary N) is 2. The van der Waals surface area contributed by atoms with Crippen LogP contribution < -0.4 is 26.4 Å². The number of hydrogen-bond donors (Lipinski definition) is 2. The number of rotatable bonds is 9. The van der Waals surface area contributed by atoms with Gasteiger partial charge in [-0.25, -0.2) is 9.37 Å². The predicted octanol–water partition coefficient (Wildman–Crippen LogP) is 5.40. The Bertz CT molecular complexity index is 1500. The van der Waals surface area contributed by atoms with Crippen LogP contribution in [0.1, 0.15) is 51.0 Å². The van der Waals surface area contributed by atoms with E-state index in [9.17, 15) is 14.0 Å². The summed E-state index contributed by atoms with van der Waals surface area (Å²) < 4.78 is 14.3. The summed E-state index contributed by atoms with van der Waals surface area (Å²) in [5, 5.41) is 7.21. The van der Waals surface area contributed by atoms with E-state index >= 15 is 0 Å². The van der Waals surface area contributed by atoms with Gasteiger partial charge in [-0.3, -0.25) is 19.4 Å². The van der Waals surface area contributed by atoms with Gasteiger partial charge >= 0.3 is 0 Å². The van der Waals surface area contributed by atoms with Crippen molar-refractivity contribution in [1.82, 2.24) is 14.8 Å². The van der Waals surface area contributed by atoms with E-state index in [0.717, 1.165) is 77.1 Å². The first-order valence-corrected chi connectivity index (χ1v) is 15.8. The highest BCUT2D eigenvalue weighted by atomic mass is 35.5. The zero-order chi connectivity index (χ0) is 29.4. The van der Waals surface area contributed by atoms with Crippen molar-refractivity contribution in [3.05, 3.63) is 72.3 Å². The number of piperidine rings is 1. The van der Waals surface area contributed by atoms with Gasteiger partial charge < -0.3 is 15.5 Å². The molecular formula is C31H37Cl2FN6O2. The molecule has 2 saturated heterocycles. The zero-order valence-corrected chi connectivity index (χ0v) is 25.4. The molecule has 8 nitrogen and oxygen atoms in total. The zero-order valence-electron chi connectivity index (χ0n) is 23.8. The molecule has 224 valence electrons. The van der Waals surface area contributed by atoms with E-state index in [2.05, 4.69) is 37.2 Å². The Morgan fingerprint density at radius 3 is 2.43 bits per heavy atom. The average molecular weight is 616 g/mol. The van der Waals surface area contributed by atoms with E-state index in [4.69, 9.17) is 23.2 Å². The number of likely N-dealkylation sites (tertiary alicyclic amines) is 1. The molecule has 2 N–H and O–H groups in total. The molecule has 6 rings (SSSR count). The summed E-state index contributed by atoms with van der Waals surface area (Å²) in [4.78, 5) is 36.2. The van der Waals surface area contributed by atoms with E-state index in [1.165, 1.54) is 6.07 Å². The van der Waals surface area contributed by atoms with Crippen LogP contribution >= 0.6 is 23.2 Å². The van der Waals surface area contributed by atoms with Gasteiger partial charge in [0, 0.05) is 54.9 Å². The molecule has 42 heavy (non-hydrogen) atoms. The third-order valence-corrected chi connectivity index (χ3v) is 9.70. The van der Waals surface area contributed by atoms with Crippen molar-refractivity contribution >= 4 is 46.1 Å². The summed E-state index contributed by atoms with van der Waals surface area (Å²) in [6.07, 6.45) is 7.97. The predicted molar refractivity (Wildman–Crippen MR) is 168 cm³/mol. The largest absolute Gasteiger partial charge is 0.377 e. The standard InChI is InChI=1S/C31H37Cl2FN6O2/c1-2-23-18-39(12-13-40(23)24-8-10-38(11-9-24)17-19-6-7-20(32)14-26(19)34)31-25(33)15-22(16-35-31)37-28-27(29(41)30(28)42)36-21-4-3-5-21/h6-7,14-16,21,23-24,36-37H,2-5,8-13,17-18H2,1H3/t23-/m0/s1. The van der Waals surface area contributed by atoms with E-state index in [1.54, 1.807) is 24.4 Å². The van der Waals surface area contributed by atoms with Crippen molar-refractivity contribution in [3.63, 3.8) is 0 Å². The summed E-state index contributed by atoms with van der Waals surface area (Å²) in [7, 11) is 0. The van der Waals surface area contributed by atoms with Crippen LogP contribution in [0.25, 0.3) is 0 Å². The molecule has 0 amide bonds. The van der Waals surface area contributed by atoms with Gasteiger partial charge in [-0.15, -0.1) is 0 Å². The monoisotopic (exact) mass is 614 g/mol. The van der Waals surface area contributed by atoms with Gasteiger partial charge in [0.2, 0.25) is 0 Å². The number of nitrogens with zero attached hydrogens (tertiary/aromatic N) is 4. The second-order valence-corrected chi connectivity index (χ2v) is 12.7. The van der Waals surface area contributed by atoms with Crippen LogP contribution in [0.3, 0.4) is 0 Å². The second-order valence-electron chi connectivity index (χ2n) is 11.8. The number of benzene rings is 1. The van der Waals surface area contributed by atoms with Crippen molar-refractivity contribution in [1.29, 1.82) is 0 Å². The van der Waals surface area contributed by atoms with Gasteiger partial charge in [0.05, 0.1) is 16.9 Å². The Kier molecular flexibility index (Phi) is 8.73. The van der Waals surface area contributed by atoms with E-state index in [-0.39, 0.29) is 11.9 Å². The summed E-state index contributed by atoms with van der Waals surface area (Å²) in [6.45, 7) is 7.28. The van der Waals surface area contributed by atoms with Crippen molar-refractivity contribution in [3.8, 4) is 0 Å². The number of halogens is 3. The fraction of sp³-hybridized carbons (Fsp3) is 0.516. The van der Waals surface area contributed by atoms with Crippen molar-refractivity contribution in [2.45, 2.75) is 70.1 Å². The van der Waals surface area contributed by atoms with Gasteiger partial charge in [0.15, 0.2) is 0 Å². The highest BCUT2D eigenvalue weighted by Crippen LogP contribution is 2.33. The normalized spacial score (nSPS) is 21.0. The molecule has 3 fully saturated rings. The third kappa shape index (κ3) is 6.02. The lowest BCUT2D eigenvalue weighted by molar-refractivity contribution is 0.0607. The highest BCUT2D eigenvalue weighted by molar-refractivity contribution is 6.33. The van der Waals surface area contributed by atoms with Gasteiger partial charge in [-0.1, -0.05) is 36.2 Å². The lowest BCUT2D eigenvalue weighted by atomic mass is 9.92. The Labute approximate surface area is 255 Å². The van der Waals surface area contributed by atoms with Crippen LogP contribution in [0, 0.1) is 5.82 Å². The van der Waals surface area contributed by atoms with Crippen LogP contribution in [-0.2, 0) is 6.54 Å². The number of piperazine rings is 1. The van der Waals surface area contributed by atoms with Crippen molar-refractivity contribution in [2.75, 3.05) is 48.3 Å². The van der Waals surface area contributed by atoms with E-state index < -0.39 is 10.9 Å². The lowest BCUT2D eigenvalue weighted by Crippen LogP contribution is -2.58. The lowest BCUT2D eigenvalue weighted by Gasteiger charge is -2.47. The molecule has 11 heteroatoms. The van der Waals surface area contributed by atoms with Gasteiger partial charge in [0.1, 0.15) is 23.0 Å². The SMILES string of the molecule is CC[C@H]1CN(c2ncc(Nc3c(NC4CCC4)c(=O)c3=O)cc2Cl)CCN1C1CCN(Cc2ccc(Cl)cc2F)CC1. The summed E-state index contributed by atoms with van der Waals surface area (Å²) in [6, 6.07) is 7.84. The number of hydrogen-bond acceptors (Lipinski definition) is 8. The number of anilines is 4. The first-order valence-electron chi connectivity index (χ1n) is 15.0. The fourth-order valence-corrected chi connectivity index (χ4v) is 6.93. The average Bonchev–Trinajstić information content (AvgIpc) is 2.97. The fourth-order valence-electron chi connectivity index (χ4n) is 6.49. The molecule has 3 heterocycles. The Morgan fingerprint density at radius 1 is 1.00 bits per heavy atom. The molecule has 1 saturated carbocycles. The Hall–Kier alpha value is -2.72. The smallest absolute Gasteiger partial charge is 0.253 e. The molecule has 0 spiro atoms. The number of pyridine rings is 1. The van der Waals surface area contributed by atoms with Crippen LogP contribution in [0.5, 0.6) is 0 Å². The van der Waals surface area contributed by atoms with Crippen molar-refractivity contribution in [2.24, 2.45) is 0 Å². The molecule has 0 unspecified atom stereocenters. The maximum absolute atomic E-state index is 14.3. The molecule has 3 aromatic rings. The highest BCUT2D eigenvalue weighted by Gasteiger charge is 2.34. The van der Waals surface area contributed by atoms with E-state index in [1.807, 2.05) is 0 Å². The van der Waals surface area contributed by atoms with Crippen molar-refractivity contribution < 1.29 is 4.39 Å². The summed E-state index contributed by atoms with van der Waals surface area (Å²) in [5.41, 5.74) is 0.963. The minimum atomic E-state index is -0.512. The topological polar surface area (TPSA) is 80.8 Å². The van der Waals surface area contributed by atoms with Gasteiger partial charge in [-0.2, -0.15) is 0 Å². The van der Waals surface area contributed by atoms with Crippen LogP contribution in [-0.4, -0.2) is 65.6 Å².